The average Bonchev–Trinajstić information content (AvgIpc) is 3.32. The molecule has 0 N–H and O–H groups in total. The maximum atomic E-state index is 11.8. The fraction of sp³-hybridized carbons (Fsp3) is 0.692. The van der Waals surface area contributed by atoms with Crippen LogP contribution in [0.25, 0.3) is 0 Å². The van der Waals surface area contributed by atoms with Crippen molar-refractivity contribution in [2.75, 3.05) is 36.8 Å². The van der Waals surface area contributed by atoms with Crippen LogP contribution >= 0.6 is 0 Å². The van der Waals surface area contributed by atoms with Crippen LogP contribution in [-0.4, -0.2) is 54.6 Å². The smallest absolute Gasteiger partial charge is 0.213 e. The molecule has 3 rings (SSSR count). The topological polar surface area (TPSA) is 66.4 Å². The fourth-order valence-corrected chi connectivity index (χ4v) is 3.54. The number of piperazine rings is 1. The minimum absolute atomic E-state index is 0.173. The average molecular weight is 296 g/mol. The normalized spacial score (nSPS) is 21.1. The molecule has 1 aromatic rings. The third kappa shape index (κ3) is 2.78. The molecule has 2 aliphatic rings. The second-order valence-electron chi connectivity index (χ2n) is 5.33. The summed E-state index contributed by atoms with van der Waals surface area (Å²) in [6, 6.07) is 1.91. The minimum atomic E-state index is -3.06. The molecule has 2 heterocycles. The second-order valence-corrected chi connectivity index (χ2v) is 7.59. The van der Waals surface area contributed by atoms with Crippen LogP contribution in [0.1, 0.15) is 31.5 Å². The highest BCUT2D eigenvalue weighted by Gasteiger charge is 2.29. The quantitative estimate of drug-likeness (QED) is 0.823. The number of nitrogens with zero attached hydrogens (tertiary/aromatic N) is 4. The Balaban J connectivity index is 1.67. The Kier molecular flexibility index (Phi) is 3.64. The van der Waals surface area contributed by atoms with E-state index in [1.54, 1.807) is 11.2 Å². The molecule has 0 unspecified atom stereocenters. The number of rotatable bonds is 4. The number of hydrogen-bond acceptors (Lipinski definition) is 5. The van der Waals surface area contributed by atoms with Gasteiger partial charge in [-0.05, 0) is 25.8 Å². The van der Waals surface area contributed by atoms with Crippen molar-refractivity contribution in [2.24, 2.45) is 0 Å². The van der Waals surface area contributed by atoms with Crippen molar-refractivity contribution >= 4 is 15.8 Å². The first-order valence-corrected chi connectivity index (χ1v) is 8.77. The molecule has 1 aliphatic carbocycles. The summed E-state index contributed by atoms with van der Waals surface area (Å²) in [6.07, 6.45) is 4.18. The van der Waals surface area contributed by atoms with Gasteiger partial charge in [0.05, 0.1) is 5.75 Å². The zero-order chi connectivity index (χ0) is 14.2. The molecule has 0 radical (unpaired) electrons. The zero-order valence-electron chi connectivity index (χ0n) is 11.7. The molecular weight excluding hydrogens is 276 g/mol. The largest absolute Gasteiger partial charge is 0.354 e. The lowest BCUT2D eigenvalue weighted by molar-refractivity contribution is 0.384. The molecule has 0 atom stereocenters. The molecule has 0 amide bonds. The Bertz CT molecular complexity index is 578. The molecule has 7 heteroatoms. The molecule has 0 aromatic carbocycles. The lowest BCUT2D eigenvalue weighted by Gasteiger charge is -2.34. The summed E-state index contributed by atoms with van der Waals surface area (Å²) in [7, 11) is -3.06. The van der Waals surface area contributed by atoms with Gasteiger partial charge in [-0.3, -0.25) is 0 Å². The van der Waals surface area contributed by atoms with E-state index >= 15 is 0 Å². The predicted molar refractivity (Wildman–Crippen MR) is 77.3 cm³/mol. The van der Waals surface area contributed by atoms with Crippen LogP contribution in [0.2, 0.25) is 0 Å². The van der Waals surface area contributed by atoms with Crippen molar-refractivity contribution in [3.63, 3.8) is 0 Å². The van der Waals surface area contributed by atoms with Gasteiger partial charge in [-0.15, -0.1) is 0 Å². The van der Waals surface area contributed by atoms with Gasteiger partial charge < -0.3 is 4.90 Å². The van der Waals surface area contributed by atoms with Crippen molar-refractivity contribution in [3.8, 4) is 0 Å². The zero-order valence-corrected chi connectivity index (χ0v) is 12.5. The molecule has 110 valence electrons. The van der Waals surface area contributed by atoms with Gasteiger partial charge in [0, 0.05) is 38.3 Å². The van der Waals surface area contributed by atoms with Gasteiger partial charge in [0.25, 0.3) is 0 Å². The first-order valence-electron chi connectivity index (χ1n) is 7.16. The number of hydrogen-bond donors (Lipinski definition) is 0. The van der Waals surface area contributed by atoms with Crippen molar-refractivity contribution in [1.29, 1.82) is 0 Å². The van der Waals surface area contributed by atoms with E-state index in [0.29, 0.717) is 32.1 Å². The van der Waals surface area contributed by atoms with Crippen LogP contribution in [-0.2, 0) is 10.0 Å². The maximum Gasteiger partial charge on any atom is 0.213 e. The summed E-state index contributed by atoms with van der Waals surface area (Å²) in [5.41, 5.74) is 0. The SMILES string of the molecule is CCS(=O)(=O)N1CCN(c2ccnc(C3CC3)n2)CC1. The molecule has 1 aliphatic heterocycles. The van der Waals surface area contributed by atoms with Crippen molar-refractivity contribution in [3.05, 3.63) is 18.1 Å². The standard InChI is InChI=1S/C13H20N4O2S/c1-2-20(18,19)17-9-7-16(8-10-17)12-5-6-14-13(15-12)11-3-4-11/h5-6,11H,2-4,7-10H2,1H3. The minimum Gasteiger partial charge on any atom is -0.354 e. The highest BCUT2D eigenvalue weighted by Crippen LogP contribution is 2.38. The van der Waals surface area contributed by atoms with E-state index in [2.05, 4.69) is 14.9 Å². The molecule has 20 heavy (non-hydrogen) atoms. The number of aromatic nitrogens is 2. The van der Waals surface area contributed by atoms with Crippen molar-refractivity contribution in [1.82, 2.24) is 14.3 Å². The van der Waals surface area contributed by atoms with E-state index in [9.17, 15) is 8.42 Å². The van der Waals surface area contributed by atoms with Gasteiger partial charge in [0.1, 0.15) is 11.6 Å². The van der Waals surface area contributed by atoms with E-state index < -0.39 is 10.0 Å². The molecule has 0 spiro atoms. The number of sulfonamides is 1. The Morgan fingerprint density at radius 1 is 1.25 bits per heavy atom. The first-order chi connectivity index (χ1) is 9.60. The maximum absolute atomic E-state index is 11.8. The molecule has 1 saturated heterocycles. The fourth-order valence-electron chi connectivity index (χ4n) is 2.46. The van der Waals surface area contributed by atoms with Crippen LogP contribution in [0, 0.1) is 0 Å². The van der Waals surface area contributed by atoms with E-state index in [-0.39, 0.29) is 5.75 Å². The molecule has 2 fully saturated rings. The van der Waals surface area contributed by atoms with Gasteiger partial charge in [0.15, 0.2) is 0 Å². The van der Waals surface area contributed by atoms with Crippen LogP contribution < -0.4 is 4.90 Å². The Labute approximate surface area is 119 Å². The van der Waals surface area contributed by atoms with Gasteiger partial charge >= 0.3 is 0 Å². The second kappa shape index (κ2) is 5.29. The van der Waals surface area contributed by atoms with Crippen LogP contribution in [0.4, 0.5) is 5.82 Å². The Morgan fingerprint density at radius 2 is 1.95 bits per heavy atom. The van der Waals surface area contributed by atoms with E-state index in [1.165, 1.54) is 12.8 Å². The Morgan fingerprint density at radius 3 is 2.55 bits per heavy atom. The molecular formula is C13H20N4O2S. The van der Waals surface area contributed by atoms with Crippen LogP contribution in [0.5, 0.6) is 0 Å². The summed E-state index contributed by atoms with van der Waals surface area (Å²) < 4.78 is 25.2. The predicted octanol–water partition coefficient (Wildman–Crippen LogP) is 0.826. The summed E-state index contributed by atoms with van der Waals surface area (Å²) in [6.45, 7) is 4.16. The third-order valence-corrected chi connectivity index (χ3v) is 5.80. The lowest BCUT2D eigenvalue weighted by atomic mass is 10.3. The highest BCUT2D eigenvalue weighted by molar-refractivity contribution is 7.89. The van der Waals surface area contributed by atoms with Gasteiger partial charge in [0.2, 0.25) is 10.0 Å². The summed E-state index contributed by atoms with van der Waals surface area (Å²) >= 11 is 0. The molecule has 6 nitrogen and oxygen atoms in total. The van der Waals surface area contributed by atoms with E-state index in [0.717, 1.165) is 11.6 Å². The third-order valence-electron chi connectivity index (χ3n) is 3.92. The molecule has 1 aromatic heterocycles. The highest BCUT2D eigenvalue weighted by atomic mass is 32.2. The molecule has 1 saturated carbocycles. The summed E-state index contributed by atoms with van der Waals surface area (Å²) in [5.74, 6) is 2.57. The monoisotopic (exact) mass is 296 g/mol. The first kappa shape index (κ1) is 13.8. The van der Waals surface area contributed by atoms with Crippen molar-refractivity contribution < 1.29 is 8.42 Å². The number of anilines is 1. The Hall–Kier alpha value is -1.21. The summed E-state index contributed by atoms with van der Waals surface area (Å²) in [5, 5.41) is 0. The van der Waals surface area contributed by atoms with Crippen molar-refractivity contribution in [2.45, 2.75) is 25.7 Å². The van der Waals surface area contributed by atoms with Crippen LogP contribution in [0.3, 0.4) is 0 Å². The van der Waals surface area contributed by atoms with Gasteiger partial charge in [-0.25, -0.2) is 18.4 Å². The summed E-state index contributed by atoms with van der Waals surface area (Å²) in [4.78, 5) is 11.1. The lowest BCUT2D eigenvalue weighted by Crippen LogP contribution is -2.49. The van der Waals surface area contributed by atoms with Gasteiger partial charge in [-0.1, -0.05) is 0 Å². The molecule has 0 bridgehead atoms. The van der Waals surface area contributed by atoms with E-state index in [4.69, 9.17) is 0 Å². The van der Waals surface area contributed by atoms with Gasteiger partial charge in [-0.2, -0.15) is 4.31 Å². The van der Waals surface area contributed by atoms with Crippen LogP contribution in [0.15, 0.2) is 12.3 Å². The van der Waals surface area contributed by atoms with E-state index in [1.807, 2.05) is 12.3 Å².